The number of pyridine rings is 1. The van der Waals surface area contributed by atoms with E-state index >= 15 is 0 Å². The maximum absolute atomic E-state index is 10.9. The molecule has 4 nitrogen and oxygen atoms in total. The Bertz CT molecular complexity index is 656. The van der Waals surface area contributed by atoms with Gasteiger partial charge in [0.05, 0.1) is 5.69 Å². The number of anilines is 1. The highest BCUT2D eigenvalue weighted by atomic mass is 16.8. The third kappa shape index (κ3) is 1.84. The first-order valence-corrected chi connectivity index (χ1v) is 5.57. The molecule has 4 heteroatoms. The first-order valence-electron chi connectivity index (χ1n) is 5.57. The molecule has 0 atom stereocenters. The minimum absolute atomic E-state index is 0.126. The van der Waals surface area contributed by atoms with Gasteiger partial charge in [0.2, 0.25) is 0 Å². The molecule has 2 aromatic heterocycles. The summed E-state index contributed by atoms with van der Waals surface area (Å²) in [6, 6.07) is 14.8. The summed E-state index contributed by atoms with van der Waals surface area (Å²) >= 11 is 0. The summed E-state index contributed by atoms with van der Waals surface area (Å²) in [4.78, 5) is 0. The van der Waals surface area contributed by atoms with Crippen molar-refractivity contribution in [3.63, 3.8) is 0 Å². The Morgan fingerprint density at radius 3 is 2.67 bits per heavy atom. The second-order valence-corrected chi connectivity index (χ2v) is 4.08. The molecule has 2 heterocycles. The Kier molecular flexibility index (Phi) is 2.51. The van der Waals surface area contributed by atoms with E-state index in [1.165, 1.54) is 0 Å². The number of aromatic nitrogens is 1. The first-order chi connectivity index (χ1) is 8.74. The SMILES string of the molecule is [O-]N(O)c1cccc(-c2cc3ccccn3c2)c1. The summed E-state index contributed by atoms with van der Waals surface area (Å²) in [6.07, 6.45) is 3.95. The predicted molar refractivity (Wildman–Crippen MR) is 70.5 cm³/mol. The van der Waals surface area contributed by atoms with Gasteiger partial charge in [0, 0.05) is 23.5 Å². The number of hydrogen-bond acceptors (Lipinski definition) is 3. The molecule has 0 fully saturated rings. The molecule has 0 aliphatic carbocycles. The van der Waals surface area contributed by atoms with Crippen molar-refractivity contribution < 1.29 is 5.21 Å². The van der Waals surface area contributed by atoms with Gasteiger partial charge in [-0.05, 0) is 35.9 Å². The number of hydrogen-bond donors (Lipinski definition) is 1. The summed E-state index contributed by atoms with van der Waals surface area (Å²) in [5, 5.41) is 19.6. The maximum atomic E-state index is 10.9. The van der Waals surface area contributed by atoms with Crippen molar-refractivity contribution in [2.24, 2.45) is 0 Å². The molecular formula is C14H11N2O2-. The molecule has 0 radical (unpaired) electrons. The molecule has 1 N–H and O–H groups in total. The Morgan fingerprint density at radius 1 is 1.00 bits per heavy atom. The first kappa shape index (κ1) is 10.8. The largest absolute Gasteiger partial charge is 0.733 e. The molecule has 3 rings (SSSR count). The van der Waals surface area contributed by atoms with E-state index in [0.29, 0.717) is 0 Å². The Morgan fingerprint density at radius 2 is 1.89 bits per heavy atom. The quantitative estimate of drug-likeness (QED) is 0.698. The van der Waals surface area contributed by atoms with Crippen LogP contribution >= 0.6 is 0 Å². The summed E-state index contributed by atoms with van der Waals surface area (Å²) in [5.74, 6) is 0. The fourth-order valence-electron chi connectivity index (χ4n) is 2.02. The van der Waals surface area contributed by atoms with Gasteiger partial charge in [0.25, 0.3) is 0 Å². The van der Waals surface area contributed by atoms with Gasteiger partial charge in [-0.2, -0.15) is 0 Å². The van der Waals surface area contributed by atoms with Gasteiger partial charge < -0.3 is 14.8 Å². The molecule has 0 saturated carbocycles. The van der Waals surface area contributed by atoms with Crippen LogP contribution in [0.5, 0.6) is 0 Å². The van der Waals surface area contributed by atoms with Gasteiger partial charge in [0.15, 0.2) is 0 Å². The van der Waals surface area contributed by atoms with E-state index < -0.39 is 0 Å². The summed E-state index contributed by atoms with van der Waals surface area (Å²) in [7, 11) is 0. The van der Waals surface area contributed by atoms with Crippen LogP contribution in [0.2, 0.25) is 0 Å². The minimum atomic E-state index is -0.126. The van der Waals surface area contributed by atoms with Crippen molar-refractivity contribution >= 4 is 11.2 Å². The molecular weight excluding hydrogens is 228 g/mol. The third-order valence-corrected chi connectivity index (χ3v) is 2.90. The average Bonchev–Trinajstić information content (AvgIpc) is 2.82. The summed E-state index contributed by atoms with van der Waals surface area (Å²) in [6.45, 7) is 0. The van der Waals surface area contributed by atoms with E-state index in [9.17, 15) is 5.21 Å². The van der Waals surface area contributed by atoms with Gasteiger partial charge in [-0.15, -0.1) is 0 Å². The van der Waals surface area contributed by atoms with Crippen LogP contribution in [0.4, 0.5) is 5.69 Å². The normalized spacial score (nSPS) is 10.8. The number of nitrogens with zero attached hydrogens (tertiary/aromatic N) is 2. The average molecular weight is 239 g/mol. The Balaban J connectivity index is 2.11. The molecule has 90 valence electrons. The third-order valence-electron chi connectivity index (χ3n) is 2.90. The van der Waals surface area contributed by atoms with E-state index in [4.69, 9.17) is 5.21 Å². The molecule has 1 aromatic carbocycles. The van der Waals surface area contributed by atoms with Gasteiger partial charge in [-0.25, -0.2) is 0 Å². The molecule has 0 spiro atoms. The Labute approximate surface area is 104 Å². The van der Waals surface area contributed by atoms with Crippen LogP contribution in [0.1, 0.15) is 0 Å². The number of fused-ring (bicyclic) bond motifs is 1. The van der Waals surface area contributed by atoms with Crippen LogP contribution in [0.3, 0.4) is 0 Å². The molecule has 0 bridgehead atoms. The lowest BCUT2D eigenvalue weighted by atomic mass is 10.1. The van der Waals surface area contributed by atoms with E-state index in [0.717, 1.165) is 16.6 Å². The lowest BCUT2D eigenvalue weighted by Crippen LogP contribution is -2.06. The predicted octanol–water partition coefficient (Wildman–Crippen LogP) is 3.30. The van der Waals surface area contributed by atoms with Crippen molar-refractivity contribution in [2.45, 2.75) is 0 Å². The number of benzene rings is 1. The van der Waals surface area contributed by atoms with Crippen LogP contribution in [0, 0.1) is 5.21 Å². The summed E-state index contributed by atoms with van der Waals surface area (Å²) in [5.41, 5.74) is 3.21. The second kappa shape index (κ2) is 4.18. The van der Waals surface area contributed by atoms with E-state index in [1.807, 2.05) is 47.1 Å². The highest BCUT2D eigenvalue weighted by molar-refractivity contribution is 5.73. The highest BCUT2D eigenvalue weighted by Crippen LogP contribution is 2.26. The fourth-order valence-corrected chi connectivity index (χ4v) is 2.02. The monoisotopic (exact) mass is 239 g/mol. The van der Waals surface area contributed by atoms with Crippen LogP contribution in [-0.4, -0.2) is 9.61 Å². The topological polar surface area (TPSA) is 50.9 Å². The van der Waals surface area contributed by atoms with E-state index in [2.05, 4.69) is 0 Å². The van der Waals surface area contributed by atoms with Crippen molar-refractivity contribution in [3.05, 3.63) is 66.1 Å². The fraction of sp³-hybridized carbons (Fsp3) is 0. The lowest BCUT2D eigenvalue weighted by Gasteiger charge is -2.21. The van der Waals surface area contributed by atoms with Crippen LogP contribution in [-0.2, 0) is 0 Å². The zero-order valence-electron chi connectivity index (χ0n) is 9.52. The van der Waals surface area contributed by atoms with Gasteiger partial charge in [-0.1, -0.05) is 18.2 Å². The number of rotatable bonds is 2. The van der Waals surface area contributed by atoms with Crippen molar-refractivity contribution in [2.75, 3.05) is 5.23 Å². The molecule has 0 unspecified atom stereocenters. The van der Waals surface area contributed by atoms with Crippen LogP contribution < -0.4 is 5.23 Å². The zero-order chi connectivity index (χ0) is 12.5. The van der Waals surface area contributed by atoms with Gasteiger partial charge in [0.1, 0.15) is 0 Å². The minimum Gasteiger partial charge on any atom is -0.733 e. The Hall–Kier alpha value is -2.30. The van der Waals surface area contributed by atoms with Crippen LogP contribution in [0.15, 0.2) is 60.9 Å². The molecule has 0 aliphatic rings. The molecule has 3 aromatic rings. The van der Waals surface area contributed by atoms with E-state index in [-0.39, 0.29) is 10.9 Å². The second-order valence-electron chi connectivity index (χ2n) is 4.08. The standard InChI is InChI=1S/C14H11N2O2/c17-16(18)14-6-3-4-11(8-14)12-9-13-5-1-2-7-15(13)10-12/h1-10,17H/q-1. The smallest absolute Gasteiger partial charge is 0.0514 e. The molecule has 18 heavy (non-hydrogen) atoms. The molecule has 0 amide bonds. The zero-order valence-corrected chi connectivity index (χ0v) is 9.52. The molecule has 0 saturated heterocycles. The van der Waals surface area contributed by atoms with Crippen LogP contribution in [0.25, 0.3) is 16.6 Å². The van der Waals surface area contributed by atoms with E-state index in [1.54, 1.807) is 18.2 Å². The maximum Gasteiger partial charge on any atom is 0.0514 e. The van der Waals surface area contributed by atoms with Crippen molar-refractivity contribution in [1.29, 1.82) is 0 Å². The lowest BCUT2D eigenvalue weighted by molar-refractivity contribution is 0.296. The van der Waals surface area contributed by atoms with Gasteiger partial charge in [-0.3, -0.25) is 5.21 Å². The van der Waals surface area contributed by atoms with Gasteiger partial charge >= 0.3 is 0 Å². The van der Waals surface area contributed by atoms with Crippen molar-refractivity contribution in [1.82, 2.24) is 4.40 Å². The summed E-state index contributed by atoms with van der Waals surface area (Å²) < 4.78 is 2.01. The molecule has 0 aliphatic heterocycles. The highest BCUT2D eigenvalue weighted by Gasteiger charge is 2.03. The van der Waals surface area contributed by atoms with Crippen molar-refractivity contribution in [3.8, 4) is 11.1 Å².